The van der Waals surface area contributed by atoms with Crippen LogP contribution >= 0.6 is 11.9 Å². The van der Waals surface area contributed by atoms with E-state index in [0.717, 1.165) is 40.0 Å². The SMILES string of the molecule is O=C(c1ccc(CNSc2cccc3cccnc23)cc1)N1CCN(Cc2cccc(F)c2)CC1. The van der Waals surface area contributed by atoms with Gasteiger partial charge >= 0.3 is 0 Å². The minimum Gasteiger partial charge on any atom is -0.336 e. The van der Waals surface area contributed by atoms with Gasteiger partial charge in [0.25, 0.3) is 5.91 Å². The summed E-state index contributed by atoms with van der Waals surface area (Å²) in [6, 6.07) is 24.7. The fourth-order valence-corrected chi connectivity index (χ4v) is 5.11. The molecule has 4 aromatic rings. The maximum absolute atomic E-state index is 13.4. The molecule has 1 saturated heterocycles. The van der Waals surface area contributed by atoms with Gasteiger partial charge in [0, 0.05) is 61.3 Å². The first-order valence-corrected chi connectivity index (χ1v) is 12.6. The molecule has 3 aromatic carbocycles. The number of carbonyl (C=O) groups excluding carboxylic acids is 1. The molecule has 0 saturated carbocycles. The molecular formula is C28H27FN4OS. The second kappa shape index (κ2) is 11.0. The Morgan fingerprint density at radius 1 is 0.914 bits per heavy atom. The standard InChI is InChI=1S/C28H27FN4OS/c29-25-7-1-4-22(18-25)20-32-14-16-33(17-15-32)28(34)24-11-9-21(10-12-24)19-31-35-26-8-2-5-23-6-3-13-30-27(23)26/h1-13,18,31H,14-17,19-20H2. The number of rotatable bonds is 7. The van der Waals surface area contributed by atoms with Crippen LogP contribution in [0.1, 0.15) is 21.5 Å². The molecule has 1 amide bonds. The molecule has 1 aliphatic rings. The van der Waals surface area contributed by atoms with Crippen LogP contribution in [0.5, 0.6) is 0 Å². The number of hydrogen-bond donors (Lipinski definition) is 1. The second-order valence-corrected chi connectivity index (χ2v) is 9.58. The molecule has 0 atom stereocenters. The molecule has 1 fully saturated rings. The minimum absolute atomic E-state index is 0.0612. The number of para-hydroxylation sites is 1. The van der Waals surface area contributed by atoms with E-state index >= 15 is 0 Å². The van der Waals surface area contributed by atoms with Gasteiger partial charge in [0.05, 0.1) is 5.52 Å². The number of halogens is 1. The van der Waals surface area contributed by atoms with Crippen molar-refractivity contribution >= 4 is 28.8 Å². The van der Waals surface area contributed by atoms with Crippen molar-refractivity contribution in [2.45, 2.75) is 18.0 Å². The van der Waals surface area contributed by atoms with Crippen LogP contribution in [0.3, 0.4) is 0 Å². The zero-order valence-corrected chi connectivity index (χ0v) is 20.2. The molecule has 0 spiro atoms. The number of pyridine rings is 1. The lowest BCUT2D eigenvalue weighted by Crippen LogP contribution is -2.48. The zero-order chi connectivity index (χ0) is 24.0. The van der Waals surface area contributed by atoms with Crippen LogP contribution in [-0.4, -0.2) is 46.9 Å². The number of fused-ring (bicyclic) bond motifs is 1. The van der Waals surface area contributed by atoms with Crippen LogP contribution in [0.2, 0.25) is 0 Å². The minimum atomic E-state index is -0.209. The van der Waals surface area contributed by atoms with Gasteiger partial charge in [-0.1, -0.05) is 42.5 Å². The summed E-state index contributed by atoms with van der Waals surface area (Å²) in [6.07, 6.45) is 1.81. The summed E-state index contributed by atoms with van der Waals surface area (Å²) in [5, 5.41) is 1.12. The molecule has 0 aliphatic carbocycles. The Bertz CT molecular complexity index is 1300. The number of amides is 1. The summed E-state index contributed by atoms with van der Waals surface area (Å²) >= 11 is 1.57. The quantitative estimate of drug-likeness (QED) is 0.367. The number of aromatic nitrogens is 1. The molecule has 5 nitrogen and oxygen atoms in total. The largest absolute Gasteiger partial charge is 0.336 e. The number of piperazine rings is 1. The van der Waals surface area contributed by atoms with Gasteiger partial charge in [0.2, 0.25) is 0 Å². The van der Waals surface area contributed by atoms with Gasteiger partial charge in [-0.25, -0.2) is 4.39 Å². The first-order valence-electron chi connectivity index (χ1n) is 11.7. The highest BCUT2D eigenvalue weighted by atomic mass is 32.2. The molecule has 0 radical (unpaired) electrons. The Labute approximate surface area is 209 Å². The highest BCUT2D eigenvalue weighted by molar-refractivity contribution is 7.97. The molecule has 0 unspecified atom stereocenters. The number of carbonyl (C=O) groups is 1. The van der Waals surface area contributed by atoms with Gasteiger partial charge in [0.1, 0.15) is 5.82 Å². The Morgan fingerprint density at radius 2 is 1.69 bits per heavy atom. The first-order chi connectivity index (χ1) is 17.2. The number of nitrogens with zero attached hydrogens (tertiary/aromatic N) is 3. The third-order valence-electron chi connectivity index (χ3n) is 6.21. The van der Waals surface area contributed by atoms with Gasteiger partial charge in [-0.2, -0.15) is 0 Å². The van der Waals surface area contributed by atoms with Crippen molar-refractivity contribution in [2.24, 2.45) is 0 Å². The average molecular weight is 487 g/mol. The molecule has 178 valence electrons. The topological polar surface area (TPSA) is 48.5 Å². The van der Waals surface area contributed by atoms with Crippen molar-refractivity contribution in [1.82, 2.24) is 19.5 Å². The van der Waals surface area contributed by atoms with Crippen LogP contribution in [-0.2, 0) is 13.1 Å². The monoisotopic (exact) mass is 486 g/mol. The van der Waals surface area contributed by atoms with E-state index in [2.05, 4.69) is 32.8 Å². The highest BCUT2D eigenvalue weighted by Crippen LogP contribution is 2.24. The smallest absolute Gasteiger partial charge is 0.253 e. The summed E-state index contributed by atoms with van der Waals surface area (Å²) in [7, 11) is 0. The molecule has 7 heteroatoms. The number of benzene rings is 3. The predicted octanol–water partition coefficient (Wildman–Crippen LogP) is 5.13. The third kappa shape index (κ3) is 5.88. The molecule has 1 aromatic heterocycles. The lowest BCUT2D eigenvalue weighted by molar-refractivity contribution is 0.0628. The van der Waals surface area contributed by atoms with Crippen molar-refractivity contribution in [3.8, 4) is 0 Å². The Balaban J connectivity index is 1.11. The van der Waals surface area contributed by atoms with Crippen molar-refractivity contribution in [3.63, 3.8) is 0 Å². The number of hydrogen-bond acceptors (Lipinski definition) is 5. The van der Waals surface area contributed by atoms with Crippen molar-refractivity contribution in [2.75, 3.05) is 26.2 Å². The zero-order valence-electron chi connectivity index (χ0n) is 19.4. The fraction of sp³-hybridized carbons (Fsp3) is 0.214. The lowest BCUT2D eigenvalue weighted by atomic mass is 10.1. The summed E-state index contributed by atoms with van der Waals surface area (Å²) in [6.45, 7) is 4.30. The second-order valence-electron chi connectivity index (χ2n) is 8.65. The van der Waals surface area contributed by atoms with E-state index in [-0.39, 0.29) is 11.7 Å². The Kier molecular flexibility index (Phi) is 7.37. The van der Waals surface area contributed by atoms with Crippen LogP contribution in [0.4, 0.5) is 4.39 Å². The third-order valence-corrected chi connectivity index (χ3v) is 7.05. The van der Waals surface area contributed by atoms with E-state index in [9.17, 15) is 9.18 Å². The maximum Gasteiger partial charge on any atom is 0.253 e. The normalized spacial score (nSPS) is 14.4. The van der Waals surface area contributed by atoms with E-state index < -0.39 is 0 Å². The number of nitrogens with one attached hydrogen (secondary N) is 1. The van der Waals surface area contributed by atoms with Crippen molar-refractivity contribution < 1.29 is 9.18 Å². The van der Waals surface area contributed by atoms with Crippen LogP contribution in [0, 0.1) is 5.82 Å². The van der Waals surface area contributed by atoms with Gasteiger partial charge in [-0.3, -0.25) is 19.4 Å². The van der Waals surface area contributed by atoms with Crippen molar-refractivity contribution in [3.05, 3.63) is 108 Å². The van der Waals surface area contributed by atoms with E-state index in [1.54, 1.807) is 24.1 Å². The lowest BCUT2D eigenvalue weighted by Gasteiger charge is -2.34. The summed E-state index contributed by atoms with van der Waals surface area (Å²) in [5.74, 6) is -0.148. The maximum atomic E-state index is 13.4. The van der Waals surface area contributed by atoms with E-state index in [4.69, 9.17) is 0 Å². The molecule has 1 aliphatic heterocycles. The molecule has 5 rings (SSSR count). The van der Waals surface area contributed by atoms with Crippen LogP contribution < -0.4 is 4.72 Å². The van der Waals surface area contributed by atoms with Crippen LogP contribution in [0.15, 0.2) is 90.0 Å². The first kappa shape index (κ1) is 23.5. The summed E-state index contributed by atoms with van der Waals surface area (Å²) in [5.41, 5.74) is 3.77. The van der Waals surface area contributed by atoms with E-state index in [1.807, 2.05) is 53.6 Å². The summed E-state index contributed by atoms with van der Waals surface area (Å²) in [4.78, 5) is 22.7. The van der Waals surface area contributed by atoms with Gasteiger partial charge in [-0.05, 0) is 59.5 Å². The highest BCUT2D eigenvalue weighted by Gasteiger charge is 2.22. The molecule has 2 heterocycles. The van der Waals surface area contributed by atoms with Gasteiger partial charge in [-0.15, -0.1) is 0 Å². The van der Waals surface area contributed by atoms with E-state index in [1.165, 1.54) is 6.07 Å². The molecule has 0 bridgehead atoms. The molecular weight excluding hydrogens is 459 g/mol. The average Bonchev–Trinajstić information content (AvgIpc) is 2.89. The Morgan fingerprint density at radius 3 is 2.49 bits per heavy atom. The summed E-state index contributed by atoms with van der Waals surface area (Å²) < 4.78 is 16.8. The predicted molar refractivity (Wildman–Crippen MR) is 138 cm³/mol. The molecule has 35 heavy (non-hydrogen) atoms. The fourth-order valence-electron chi connectivity index (χ4n) is 4.31. The van der Waals surface area contributed by atoms with E-state index in [0.29, 0.717) is 31.7 Å². The van der Waals surface area contributed by atoms with Gasteiger partial charge in [0.15, 0.2) is 0 Å². The van der Waals surface area contributed by atoms with Gasteiger partial charge < -0.3 is 4.90 Å². The Hall–Kier alpha value is -3.26. The van der Waals surface area contributed by atoms with Crippen LogP contribution in [0.25, 0.3) is 10.9 Å². The molecule has 1 N–H and O–H groups in total. The van der Waals surface area contributed by atoms with Crippen molar-refractivity contribution in [1.29, 1.82) is 0 Å².